The third kappa shape index (κ3) is 4.10. The fourth-order valence-electron chi connectivity index (χ4n) is 2.55. The molecule has 5 heteroatoms. The lowest BCUT2D eigenvalue weighted by molar-refractivity contribution is 0.0741. The van der Waals surface area contributed by atoms with Crippen molar-refractivity contribution in [2.24, 2.45) is 0 Å². The molecular formula is C19H19NO2S2. The zero-order chi connectivity index (χ0) is 16.8. The zero-order valence-corrected chi connectivity index (χ0v) is 15.1. The van der Waals surface area contributed by atoms with Gasteiger partial charge >= 0.3 is 0 Å². The number of hydrogen-bond acceptors (Lipinski definition) is 4. The summed E-state index contributed by atoms with van der Waals surface area (Å²) in [5.41, 5.74) is 1.77. The van der Waals surface area contributed by atoms with E-state index in [-0.39, 0.29) is 5.91 Å². The van der Waals surface area contributed by atoms with Gasteiger partial charge in [0.25, 0.3) is 5.91 Å². The number of hydrogen-bond donors (Lipinski definition) is 0. The van der Waals surface area contributed by atoms with E-state index in [1.807, 2.05) is 47.6 Å². The Bertz CT molecular complexity index is 767. The van der Waals surface area contributed by atoms with Gasteiger partial charge in [-0.2, -0.15) is 0 Å². The van der Waals surface area contributed by atoms with Gasteiger partial charge in [0.05, 0.1) is 18.1 Å². The Morgan fingerprint density at radius 2 is 2.08 bits per heavy atom. The van der Waals surface area contributed by atoms with Crippen molar-refractivity contribution in [1.82, 2.24) is 4.90 Å². The molecule has 0 fully saturated rings. The summed E-state index contributed by atoms with van der Waals surface area (Å²) in [4.78, 5) is 17.3. The van der Waals surface area contributed by atoms with Crippen molar-refractivity contribution in [3.05, 3.63) is 76.4 Å². The Morgan fingerprint density at radius 1 is 1.21 bits per heavy atom. The van der Waals surface area contributed by atoms with Crippen molar-refractivity contribution in [1.29, 1.82) is 0 Å². The van der Waals surface area contributed by atoms with E-state index in [9.17, 15) is 4.79 Å². The third-order valence-electron chi connectivity index (χ3n) is 3.79. The van der Waals surface area contributed by atoms with Crippen molar-refractivity contribution in [2.75, 3.05) is 12.8 Å². The average molecular weight is 358 g/mol. The first-order valence-electron chi connectivity index (χ1n) is 7.73. The lowest BCUT2D eigenvalue weighted by atomic mass is 10.1. The molecule has 1 aromatic carbocycles. The minimum Gasteiger partial charge on any atom is -0.472 e. The van der Waals surface area contributed by atoms with Gasteiger partial charge in [0.15, 0.2) is 0 Å². The van der Waals surface area contributed by atoms with E-state index in [2.05, 4.69) is 11.4 Å². The van der Waals surface area contributed by atoms with Gasteiger partial charge in [0.1, 0.15) is 0 Å². The van der Waals surface area contributed by atoms with Gasteiger partial charge in [-0.1, -0.05) is 18.2 Å². The molecule has 0 atom stereocenters. The summed E-state index contributed by atoms with van der Waals surface area (Å²) in [6, 6.07) is 13.9. The van der Waals surface area contributed by atoms with Crippen molar-refractivity contribution in [3.63, 3.8) is 0 Å². The maximum absolute atomic E-state index is 13.1. The Morgan fingerprint density at radius 3 is 2.79 bits per heavy atom. The van der Waals surface area contributed by atoms with Crippen LogP contribution in [0.4, 0.5) is 0 Å². The zero-order valence-electron chi connectivity index (χ0n) is 13.5. The normalized spacial score (nSPS) is 10.7. The molecule has 1 amide bonds. The molecule has 0 radical (unpaired) electrons. The van der Waals surface area contributed by atoms with Gasteiger partial charge in [-0.15, -0.1) is 23.1 Å². The van der Waals surface area contributed by atoms with Crippen molar-refractivity contribution < 1.29 is 9.21 Å². The molecule has 124 valence electrons. The Labute approximate surface area is 150 Å². The number of carbonyl (C=O) groups is 1. The van der Waals surface area contributed by atoms with Crippen LogP contribution in [0.1, 0.15) is 20.8 Å². The molecule has 24 heavy (non-hydrogen) atoms. The summed E-state index contributed by atoms with van der Waals surface area (Å²) in [6.07, 6.45) is 6.21. The quantitative estimate of drug-likeness (QED) is 0.561. The van der Waals surface area contributed by atoms with E-state index in [1.165, 1.54) is 4.88 Å². The molecule has 0 spiro atoms. The van der Waals surface area contributed by atoms with Crippen molar-refractivity contribution in [3.8, 4) is 0 Å². The maximum Gasteiger partial charge on any atom is 0.255 e. The predicted octanol–water partition coefficient (Wildman–Crippen LogP) is 4.95. The van der Waals surface area contributed by atoms with E-state index in [0.717, 1.165) is 22.4 Å². The molecule has 3 aromatic rings. The van der Waals surface area contributed by atoms with Gasteiger partial charge in [-0.3, -0.25) is 4.79 Å². The smallest absolute Gasteiger partial charge is 0.255 e. The Balaban J connectivity index is 1.80. The van der Waals surface area contributed by atoms with E-state index in [0.29, 0.717) is 13.1 Å². The molecule has 2 aromatic heterocycles. The number of furan rings is 1. The first-order chi connectivity index (χ1) is 11.8. The van der Waals surface area contributed by atoms with Gasteiger partial charge in [0.2, 0.25) is 0 Å². The van der Waals surface area contributed by atoms with Crippen LogP contribution in [0.3, 0.4) is 0 Å². The molecule has 0 bridgehead atoms. The lowest BCUT2D eigenvalue weighted by Crippen LogP contribution is -2.32. The molecule has 3 rings (SSSR count). The number of thiophene rings is 1. The van der Waals surface area contributed by atoms with Crippen LogP contribution in [0, 0.1) is 0 Å². The predicted molar refractivity (Wildman–Crippen MR) is 99.7 cm³/mol. The summed E-state index contributed by atoms with van der Waals surface area (Å²) in [6.45, 7) is 1.25. The van der Waals surface area contributed by atoms with E-state index in [1.54, 1.807) is 35.6 Å². The van der Waals surface area contributed by atoms with E-state index in [4.69, 9.17) is 4.42 Å². The second-order valence-electron chi connectivity index (χ2n) is 5.39. The van der Waals surface area contributed by atoms with Crippen LogP contribution in [0.15, 0.2) is 69.7 Å². The van der Waals surface area contributed by atoms with Crippen LogP contribution < -0.4 is 0 Å². The summed E-state index contributed by atoms with van der Waals surface area (Å²) < 4.78 is 5.16. The topological polar surface area (TPSA) is 33.5 Å². The molecule has 0 aliphatic heterocycles. The first kappa shape index (κ1) is 16.9. The van der Waals surface area contributed by atoms with Gasteiger partial charge in [-0.25, -0.2) is 0 Å². The van der Waals surface area contributed by atoms with E-state index < -0.39 is 0 Å². The molecular weight excluding hydrogens is 338 g/mol. The highest BCUT2D eigenvalue weighted by atomic mass is 32.2. The summed E-state index contributed by atoms with van der Waals surface area (Å²) in [5.74, 6) is 0.0673. The number of carbonyl (C=O) groups excluding carboxylic acids is 1. The van der Waals surface area contributed by atoms with E-state index >= 15 is 0 Å². The minimum atomic E-state index is 0.0673. The largest absolute Gasteiger partial charge is 0.472 e. The van der Waals surface area contributed by atoms with Gasteiger partial charge in [0, 0.05) is 28.4 Å². The van der Waals surface area contributed by atoms with Crippen molar-refractivity contribution in [2.45, 2.75) is 17.9 Å². The second kappa shape index (κ2) is 8.22. The number of amides is 1. The summed E-state index contributed by atoms with van der Waals surface area (Å²) in [7, 11) is 0. The highest BCUT2D eigenvalue weighted by Crippen LogP contribution is 2.22. The fourth-order valence-corrected chi connectivity index (χ4v) is 3.84. The van der Waals surface area contributed by atoms with Gasteiger partial charge in [-0.05, 0) is 42.3 Å². The monoisotopic (exact) mass is 357 g/mol. The van der Waals surface area contributed by atoms with Crippen LogP contribution in [-0.2, 0) is 13.0 Å². The molecule has 3 nitrogen and oxygen atoms in total. The number of rotatable bonds is 7. The molecule has 0 N–H and O–H groups in total. The highest BCUT2D eigenvalue weighted by Gasteiger charge is 2.19. The Hall–Kier alpha value is -1.98. The van der Waals surface area contributed by atoms with Crippen LogP contribution in [-0.4, -0.2) is 23.6 Å². The third-order valence-corrected chi connectivity index (χ3v) is 5.52. The molecule has 0 saturated carbocycles. The second-order valence-corrected chi connectivity index (χ2v) is 7.27. The fraction of sp³-hybridized carbons (Fsp3) is 0.211. The summed E-state index contributed by atoms with van der Waals surface area (Å²) in [5, 5.41) is 2.07. The average Bonchev–Trinajstić information content (AvgIpc) is 3.31. The lowest BCUT2D eigenvalue weighted by Gasteiger charge is -2.23. The molecule has 0 unspecified atom stereocenters. The number of benzene rings is 1. The van der Waals surface area contributed by atoms with Crippen LogP contribution in [0.5, 0.6) is 0 Å². The molecule has 0 aliphatic rings. The Kier molecular flexibility index (Phi) is 5.77. The first-order valence-corrected chi connectivity index (χ1v) is 9.84. The molecule has 2 heterocycles. The standard InChI is InChI=1S/C19H19NO2S2/c1-23-18-7-3-2-6-17(18)19(21)20(13-15-9-11-22-14-15)10-8-16-5-4-12-24-16/h2-7,9,11-12,14H,8,10,13H2,1H3. The molecule has 0 aliphatic carbocycles. The number of thioether (sulfide) groups is 1. The van der Waals surface area contributed by atoms with Crippen LogP contribution in [0.25, 0.3) is 0 Å². The minimum absolute atomic E-state index is 0.0673. The maximum atomic E-state index is 13.1. The van der Waals surface area contributed by atoms with Gasteiger partial charge < -0.3 is 9.32 Å². The van der Waals surface area contributed by atoms with Crippen LogP contribution in [0.2, 0.25) is 0 Å². The number of nitrogens with zero attached hydrogens (tertiary/aromatic N) is 1. The summed E-state index contributed by atoms with van der Waals surface area (Å²) >= 11 is 3.33. The highest BCUT2D eigenvalue weighted by molar-refractivity contribution is 7.98. The SMILES string of the molecule is CSc1ccccc1C(=O)N(CCc1cccs1)Cc1ccoc1. The molecule has 0 saturated heterocycles. The van der Waals surface area contributed by atoms with Crippen LogP contribution >= 0.6 is 23.1 Å². The van der Waals surface area contributed by atoms with Crippen molar-refractivity contribution >= 4 is 29.0 Å².